The van der Waals surface area contributed by atoms with Crippen LogP contribution < -0.4 is 5.32 Å². The van der Waals surface area contributed by atoms with Gasteiger partial charge in [-0.25, -0.2) is 14.6 Å². The first-order valence-corrected chi connectivity index (χ1v) is 10.3. The van der Waals surface area contributed by atoms with Crippen LogP contribution in [-0.2, 0) is 23.1 Å². The second kappa shape index (κ2) is 9.34. The van der Waals surface area contributed by atoms with Gasteiger partial charge in [0.1, 0.15) is 17.9 Å². The summed E-state index contributed by atoms with van der Waals surface area (Å²) in [5.41, 5.74) is 3.90. The Morgan fingerprint density at radius 2 is 1.69 bits per heavy atom. The number of aryl methyl sites for hydroxylation is 1. The summed E-state index contributed by atoms with van der Waals surface area (Å²) in [7, 11) is 1.87. The standard InChI is InChI=1S/C25H23N3O4/c1-3-31-24(29)19-13-9-15-21-22(19)27-23(28(21)2)18-12-7-8-14-20(18)26-25(30)32-16-17-10-5-4-6-11-17/h4-15H,3,16H2,1-2H3,(H,26,30). The average molecular weight is 429 g/mol. The lowest BCUT2D eigenvalue weighted by molar-refractivity contribution is 0.0528. The van der Waals surface area contributed by atoms with E-state index in [1.807, 2.05) is 66.2 Å². The van der Waals surface area contributed by atoms with Gasteiger partial charge in [-0.3, -0.25) is 5.32 Å². The number of hydrogen-bond donors (Lipinski definition) is 1. The van der Waals surface area contributed by atoms with Crippen LogP contribution in [0.3, 0.4) is 0 Å². The number of imidazole rings is 1. The Morgan fingerprint density at radius 1 is 0.938 bits per heavy atom. The van der Waals surface area contributed by atoms with Gasteiger partial charge in [0.25, 0.3) is 0 Å². The number of fused-ring (bicyclic) bond motifs is 1. The molecule has 1 amide bonds. The van der Waals surface area contributed by atoms with Crippen LogP contribution in [0.4, 0.5) is 10.5 Å². The molecule has 3 aromatic carbocycles. The average Bonchev–Trinajstić information content (AvgIpc) is 3.15. The van der Waals surface area contributed by atoms with E-state index in [-0.39, 0.29) is 13.2 Å². The van der Waals surface area contributed by atoms with Crippen molar-refractivity contribution in [2.45, 2.75) is 13.5 Å². The summed E-state index contributed by atoms with van der Waals surface area (Å²) in [6.45, 7) is 2.22. The molecule has 7 heteroatoms. The van der Waals surface area contributed by atoms with Gasteiger partial charge >= 0.3 is 12.1 Å². The molecule has 7 nitrogen and oxygen atoms in total. The number of esters is 1. The number of carbonyl (C=O) groups is 2. The zero-order chi connectivity index (χ0) is 22.5. The number of amides is 1. The fourth-order valence-corrected chi connectivity index (χ4v) is 3.49. The highest BCUT2D eigenvalue weighted by Gasteiger charge is 2.19. The lowest BCUT2D eigenvalue weighted by atomic mass is 10.1. The molecule has 0 saturated carbocycles. The van der Waals surface area contributed by atoms with Gasteiger partial charge < -0.3 is 14.0 Å². The zero-order valence-corrected chi connectivity index (χ0v) is 17.9. The molecule has 0 radical (unpaired) electrons. The normalized spacial score (nSPS) is 10.7. The highest BCUT2D eigenvalue weighted by Crippen LogP contribution is 2.31. The molecule has 0 spiro atoms. The topological polar surface area (TPSA) is 82.4 Å². The predicted octanol–water partition coefficient (Wildman–Crippen LogP) is 5.17. The number of rotatable bonds is 6. The van der Waals surface area contributed by atoms with Crippen molar-refractivity contribution in [3.05, 3.63) is 83.9 Å². The van der Waals surface area contributed by atoms with Crippen molar-refractivity contribution in [2.24, 2.45) is 7.05 Å². The van der Waals surface area contributed by atoms with E-state index >= 15 is 0 Å². The molecule has 32 heavy (non-hydrogen) atoms. The number of para-hydroxylation sites is 2. The molecule has 4 aromatic rings. The maximum absolute atomic E-state index is 12.4. The van der Waals surface area contributed by atoms with Gasteiger partial charge in [-0.2, -0.15) is 0 Å². The van der Waals surface area contributed by atoms with Gasteiger partial charge in [-0.15, -0.1) is 0 Å². The molecule has 0 fully saturated rings. The van der Waals surface area contributed by atoms with Gasteiger partial charge in [0.05, 0.1) is 23.4 Å². The Morgan fingerprint density at radius 3 is 2.47 bits per heavy atom. The summed E-state index contributed by atoms with van der Waals surface area (Å²) in [5.74, 6) is 0.189. The molecule has 0 aliphatic rings. The molecule has 0 bridgehead atoms. The molecule has 1 aromatic heterocycles. The maximum atomic E-state index is 12.4. The zero-order valence-electron chi connectivity index (χ0n) is 17.9. The molecule has 162 valence electrons. The maximum Gasteiger partial charge on any atom is 0.411 e. The molecule has 0 atom stereocenters. The molecule has 0 aliphatic carbocycles. The summed E-state index contributed by atoms with van der Waals surface area (Å²) in [6.07, 6.45) is -0.563. The number of aromatic nitrogens is 2. The van der Waals surface area contributed by atoms with E-state index in [2.05, 4.69) is 5.32 Å². The van der Waals surface area contributed by atoms with Crippen molar-refractivity contribution in [1.82, 2.24) is 9.55 Å². The number of nitrogens with one attached hydrogen (secondary N) is 1. The Hall–Kier alpha value is -4.13. The van der Waals surface area contributed by atoms with Crippen LogP contribution in [0.1, 0.15) is 22.8 Å². The van der Waals surface area contributed by atoms with E-state index in [0.717, 1.165) is 11.1 Å². The number of hydrogen-bond acceptors (Lipinski definition) is 5. The highest BCUT2D eigenvalue weighted by molar-refractivity contribution is 6.03. The fourth-order valence-electron chi connectivity index (χ4n) is 3.49. The van der Waals surface area contributed by atoms with Crippen molar-refractivity contribution in [2.75, 3.05) is 11.9 Å². The monoisotopic (exact) mass is 429 g/mol. The minimum Gasteiger partial charge on any atom is -0.462 e. The largest absolute Gasteiger partial charge is 0.462 e. The van der Waals surface area contributed by atoms with E-state index in [4.69, 9.17) is 14.5 Å². The summed E-state index contributed by atoms with van der Waals surface area (Å²) in [4.78, 5) is 29.5. The molecule has 0 aliphatic heterocycles. The third kappa shape index (κ3) is 4.32. The summed E-state index contributed by atoms with van der Waals surface area (Å²) in [5, 5.41) is 2.80. The van der Waals surface area contributed by atoms with Crippen LogP contribution in [-0.4, -0.2) is 28.2 Å². The van der Waals surface area contributed by atoms with Crippen LogP contribution in [0.5, 0.6) is 0 Å². The molecule has 1 heterocycles. The van der Waals surface area contributed by atoms with E-state index in [1.54, 1.807) is 25.1 Å². The summed E-state index contributed by atoms with van der Waals surface area (Å²) < 4.78 is 12.4. The van der Waals surface area contributed by atoms with Gasteiger partial charge in [0.15, 0.2) is 0 Å². The molecule has 0 unspecified atom stereocenters. The minimum absolute atomic E-state index is 0.171. The minimum atomic E-state index is -0.563. The van der Waals surface area contributed by atoms with Crippen LogP contribution in [0.25, 0.3) is 22.4 Å². The SMILES string of the molecule is CCOC(=O)c1cccc2c1nc(-c1ccccc1NC(=O)OCc1ccccc1)n2C. The van der Waals surface area contributed by atoms with Crippen LogP contribution >= 0.6 is 0 Å². The molecule has 0 saturated heterocycles. The third-order valence-corrected chi connectivity index (χ3v) is 5.02. The van der Waals surface area contributed by atoms with Gasteiger partial charge in [-0.05, 0) is 36.8 Å². The van der Waals surface area contributed by atoms with Gasteiger partial charge in [-0.1, -0.05) is 48.5 Å². The Balaban J connectivity index is 1.63. The smallest absolute Gasteiger partial charge is 0.411 e. The first-order valence-electron chi connectivity index (χ1n) is 10.3. The third-order valence-electron chi connectivity index (χ3n) is 5.02. The predicted molar refractivity (Wildman–Crippen MR) is 122 cm³/mol. The van der Waals surface area contributed by atoms with E-state index < -0.39 is 12.1 Å². The van der Waals surface area contributed by atoms with Crippen molar-refractivity contribution in [1.29, 1.82) is 0 Å². The van der Waals surface area contributed by atoms with E-state index in [1.165, 1.54) is 0 Å². The Labute approximate surface area is 185 Å². The van der Waals surface area contributed by atoms with Crippen LogP contribution in [0.2, 0.25) is 0 Å². The summed E-state index contributed by atoms with van der Waals surface area (Å²) in [6, 6.07) is 22.2. The Kier molecular flexibility index (Phi) is 6.17. The second-order valence-corrected chi connectivity index (χ2v) is 7.12. The molecular formula is C25H23N3O4. The Bertz CT molecular complexity index is 1260. The van der Waals surface area contributed by atoms with Crippen molar-refractivity contribution >= 4 is 28.8 Å². The van der Waals surface area contributed by atoms with Gasteiger partial charge in [0, 0.05) is 12.6 Å². The quantitative estimate of drug-likeness (QED) is 0.428. The number of nitrogens with zero attached hydrogens (tertiary/aromatic N) is 2. The highest BCUT2D eigenvalue weighted by atomic mass is 16.5. The van der Waals surface area contributed by atoms with E-state index in [0.29, 0.717) is 28.2 Å². The second-order valence-electron chi connectivity index (χ2n) is 7.12. The van der Waals surface area contributed by atoms with Crippen molar-refractivity contribution in [3.63, 3.8) is 0 Å². The van der Waals surface area contributed by atoms with Gasteiger partial charge in [0.2, 0.25) is 0 Å². The fraction of sp³-hybridized carbons (Fsp3) is 0.160. The lowest BCUT2D eigenvalue weighted by Gasteiger charge is -2.11. The first kappa shape index (κ1) is 21.1. The lowest BCUT2D eigenvalue weighted by Crippen LogP contribution is -2.14. The number of benzene rings is 3. The number of carbonyl (C=O) groups excluding carboxylic acids is 2. The van der Waals surface area contributed by atoms with Crippen molar-refractivity contribution < 1.29 is 19.1 Å². The van der Waals surface area contributed by atoms with Crippen molar-refractivity contribution in [3.8, 4) is 11.4 Å². The van der Waals surface area contributed by atoms with E-state index in [9.17, 15) is 9.59 Å². The summed E-state index contributed by atoms with van der Waals surface area (Å²) >= 11 is 0. The molecule has 1 N–H and O–H groups in total. The van der Waals surface area contributed by atoms with Crippen LogP contribution in [0, 0.1) is 0 Å². The molecular weight excluding hydrogens is 406 g/mol. The molecule has 4 rings (SSSR count). The number of ether oxygens (including phenoxy) is 2. The van der Waals surface area contributed by atoms with Crippen LogP contribution in [0.15, 0.2) is 72.8 Å². The first-order chi connectivity index (χ1) is 15.6. The number of anilines is 1.